The van der Waals surface area contributed by atoms with Gasteiger partial charge >= 0.3 is 0 Å². The van der Waals surface area contributed by atoms with Crippen LogP contribution in [0.25, 0.3) is 22.2 Å². The number of halogens is 1. The van der Waals surface area contributed by atoms with Gasteiger partial charge in [-0.1, -0.05) is 59.6 Å². The third-order valence-electron chi connectivity index (χ3n) is 5.01. The van der Waals surface area contributed by atoms with Gasteiger partial charge in [-0.3, -0.25) is 4.79 Å². The number of pyridine rings is 1. The van der Waals surface area contributed by atoms with Crippen molar-refractivity contribution in [3.63, 3.8) is 0 Å². The lowest BCUT2D eigenvalue weighted by Crippen LogP contribution is -2.14. The summed E-state index contributed by atoms with van der Waals surface area (Å²) in [6, 6.07) is 21.4. The third kappa shape index (κ3) is 3.87. The van der Waals surface area contributed by atoms with Crippen molar-refractivity contribution in [3.8, 4) is 11.3 Å². The molecule has 0 aliphatic rings. The molecule has 1 amide bonds. The summed E-state index contributed by atoms with van der Waals surface area (Å²) in [5.74, 6) is -0.176. The highest BCUT2D eigenvalue weighted by Crippen LogP contribution is 2.29. The number of aromatic nitrogens is 1. The number of aryl methyl sites for hydroxylation is 3. The van der Waals surface area contributed by atoms with E-state index in [4.69, 9.17) is 16.6 Å². The SMILES string of the molecule is Cc1cc(C)c2nc(-c3ccccc3)cc(C(=O)Nc3cc(Cl)ccc3C)c2c1. The van der Waals surface area contributed by atoms with E-state index in [2.05, 4.69) is 11.4 Å². The number of fused-ring (bicyclic) bond motifs is 1. The smallest absolute Gasteiger partial charge is 0.256 e. The standard InChI is InChI=1S/C25H21ClN2O/c1-15-11-17(3)24-20(12-15)21(14-23(27-24)18-7-5-4-6-8-18)25(29)28-22-13-19(26)10-9-16(22)2/h4-14H,1-3H3,(H,28,29). The van der Waals surface area contributed by atoms with Gasteiger partial charge in [0.25, 0.3) is 5.91 Å². The molecule has 0 unspecified atom stereocenters. The van der Waals surface area contributed by atoms with Crippen molar-refractivity contribution in [2.24, 2.45) is 0 Å². The number of amides is 1. The average molecular weight is 401 g/mol. The predicted octanol–water partition coefficient (Wildman–Crippen LogP) is 6.73. The predicted molar refractivity (Wildman–Crippen MR) is 121 cm³/mol. The summed E-state index contributed by atoms with van der Waals surface area (Å²) < 4.78 is 0. The minimum atomic E-state index is -0.176. The highest BCUT2D eigenvalue weighted by atomic mass is 35.5. The van der Waals surface area contributed by atoms with Crippen LogP contribution in [0.1, 0.15) is 27.0 Å². The third-order valence-corrected chi connectivity index (χ3v) is 5.25. The molecule has 0 aliphatic carbocycles. The summed E-state index contributed by atoms with van der Waals surface area (Å²) in [7, 11) is 0. The Hall–Kier alpha value is -3.17. The number of nitrogens with zero attached hydrogens (tertiary/aromatic N) is 1. The molecule has 4 rings (SSSR count). The normalized spacial score (nSPS) is 10.9. The van der Waals surface area contributed by atoms with Crippen molar-refractivity contribution in [2.45, 2.75) is 20.8 Å². The second-order valence-electron chi connectivity index (χ2n) is 7.31. The first-order valence-electron chi connectivity index (χ1n) is 9.47. The summed E-state index contributed by atoms with van der Waals surface area (Å²) in [5.41, 5.74) is 6.99. The lowest BCUT2D eigenvalue weighted by atomic mass is 9.99. The number of hydrogen-bond acceptors (Lipinski definition) is 2. The Bertz CT molecular complexity index is 1230. The maximum atomic E-state index is 13.3. The zero-order chi connectivity index (χ0) is 20.5. The Labute approximate surface area is 175 Å². The minimum absolute atomic E-state index is 0.176. The number of hydrogen-bond donors (Lipinski definition) is 1. The zero-order valence-corrected chi connectivity index (χ0v) is 17.3. The molecule has 0 fully saturated rings. The van der Waals surface area contributed by atoms with E-state index in [1.165, 1.54) is 0 Å². The van der Waals surface area contributed by atoms with Crippen LogP contribution in [0.5, 0.6) is 0 Å². The number of carbonyl (C=O) groups excluding carboxylic acids is 1. The molecular formula is C25H21ClN2O. The second kappa shape index (κ2) is 7.69. The molecule has 4 aromatic rings. The van der Waals surface area contributed by atoms with Gasteiger partial charge in [-0.05, 0) is 56.2 Å². The van der Waals surface area contributed by atoms with E-state index >= 15 is 0 Å². The van der Waals surface area contributed by atoms with Crippen molar-refractivity contribution in [3.05, 3.63) is 94.0 Å². The maximum absolute atomic E-state index is 13.3. The van der Waals surface area contributed by atoms with E-state index < -0.39 is 0 Å². The molecule has 0 atom stereocenters. The van der Waals surface area contributed by atoms with E-state index in [1.54, 1.807) is 6.07 Å². The van der Waals surface area contributed by atoms with Crippen LogP contribution < -0.4 is 5.32 Å². The summed E-state index contributed by atoms with van der Waals surface area (Å²) in [6.07, 6.45) is 0. The molecule has 144 valence electrons. The second-order valence-corrected chi connectivity index (χ2v) is 7.75. The quantitative estimate of drug-likeness (QED) is 0.414. The molecule has 1 heterocycles. The van der Waals surface area contributed by atoms with Crippen LogP contribution in [-0.2, 0) is 0 Å². The molecule has 3 aromatic carbocycles. The van der Waals surface area contributed by atoms with Gasteiger partial charge in [0.1, 0.15) is 0 Å². The average Bonchev–Trinajstić information content (AvgIpc) is 2.70. The number of carbonyl (C=O) groups is 1. The van der Waals surface area contributed by atoms with Gasteiger partial charge in [-0.2, -0.15) is 0 Å². The van der Waals surface area contributed by atoms with Crippen molar-refractivity contribution < 1.29 is 4.79 Å². The van der Waals surface area contributed by atoms with Crippen LogP contribution in [0.15, 0.2) is 66.7 Å². The Morgan fingerprint density at radius 3 is 2.41 bits per heavy atom. The number of nitrogens with one attached hydrogen (secondary N) is 1. The first-order chi connectivity index (χ1) is 13.9. The molecule has 29 heavy (non-hydrogen) atoms. The van der Waals surface area contributed by atoms with Crippen LogP contribution >= 0.6 is 11.6 Å². The van der Waals surface area contributed by atoms with Crippen molar-refractivity contribution >= 4 is 34.1 Å². The summed E-state index contributed by atoms with van der Waals surface area (Å²) >= 11 is 6.13. The van der Waals surface area contributed by atoms with E-state index in [1.807, 2.05) is 75.4 Å². The molecule has 1 aromatic heterocycles. The van der Waals surface area contributed by atoms with Gasteiger partial charge in [0, 0.05) is 21.7 Å². The summed E-state index contributed by atoms with van der Waals surface area (Å²) in [5, 5.41) is 4.46. The topological polar surface area (TPSA) is 42.0 Å². The van der Waals surface area contributed by atoms with E-state index in [9.17, 15) is 4.79 Å². The van der Waals surface area contributed by atoms with Gasteiger partial charge in [-0.25, -0.2) is 4.98 Å². The Morgan fingerprint density at radius 1 is 0.897 bits per heavy atom. The Kier molecular flexibility index (Phi) is 5.08. The van der Waals surface area contributed by atoms with Gasteiger partial charge in [0.05, 0.1) is 16.8 Å². The van der Waals surface area contributed by atoms with E-state index in [-0.39, 0.29) is 5.91 Å². The maximum Gasteiger partial charge on any atom is 0.256 e. The van der Waals surface area contributed by atoms with Crippen LogP contribution in [0, 0.1) is 20.8 Å². The van der Waals surface area contributed by atoms with Crippen LogP contribution in [-0.4, -0.2) is 10.9 Å². The number of anilines is 1. The van der Waals surface area contributed by atoms with Crippen LogP contribution in [0.2, 0.25) is 5.02 Å². The first-order valence-corrected chi connectivity index (χ1v) is 9.85. The summed E-state index contributed by atoms with van der Waals surface area (Å²) in [6.45, 7) is 6.00. The fourth-order valence-corrected chi connectivity index (χ4v) is 3.72. The van der Waals surface area contributed by atoms with Gasteiger partial charge in [0.15, 0.2) is 0 Å². The molecule has 4 heteroatoms. The van der Waals surface area contributed by atoms with E-state index in [0.717, 1.165) is 38.9 Å². The molecule has 0 radical (unpaired) electrons. The van der Waals surface area contributed by atoms with Crippen molar-refractivity contribution in [1.82, 2.24) is 4.98 Å². The molecule has 0 bridgehead atoms. The van der Waals surface area contributed by atoms with E-state index in [0.29, 0.717) is 16.3 Å². The minimum Gasteiger partial charge on any atom is -0.322 e. The Balaban J connectivity index is 1.89. The summed E-state index contributed by atoms with van der Waals surface area (Å²) in [4.78, 5) is 18.2. The van der Waals surface area contributed by atoms with Crippen LogP contribution in [0.3, 0.4) is 0 Å². The van der Waals surface area contributed by atoms with Crippen molar-refractivity contribution in [2.75, 3.05) is 5.32 Å². The lowest BCUT2D eigenvalue weighted by molar-refractivity contribution is 0.102. The Morgan fingerprint density at radius 2 is 1.66 bits per heavy atom. The molecule has 3 nitrogen and oxygen atoms in total. The van der Waals surface area contributed by atoms with Crippen molar-refractivity contribution in [1.29, 1.82) is 0 Å². The largest absolute Gasteiger partial charge is 0.322 e. The number of rotatable bonds is 3. The molecular weight excluding hydrogens is 380 g/mol. The molecule has 0 spiro atoms. The highest BCUT2D eigenvalue weighted by molar-refractivity contribution is 6.31. The monoisotopic (exact) mass is 400 g/mol. The highest BCUT2D eigenvalue weighted by Gasteiger charge is 2.17. The molecule has 1 N–H and O–H groups in total. The first kappa shape index (κ1) is 19.2. The lowest BCUT2D eigenvalue weighted by Gasteiger charge is -2.14. The number of benzene rings is 3. The van der Waals surface area contributed by atoms with Gasteiger partial charge in [-0.15, -0.1) is 0 Å². The molecule has 0 aliphatic heterocycles. The van der Waals surface area contributed by atoms with Gasteiger partial charge in [0.2, 0.25) is 0 Å². The van der Waals surface area contributed by atoms with Crippen LogP contribution in [0.4, 0.5) is 5.69 Å². The fourth-order valence-electron chi connectivity index (χ4n) is 3.54. The fraction of sp³-hybridized carbons (Fsp3) is 0.120. The van der Waals surface area contributed by atoms with Gasteiger partial charge < -0.3 is 5.32 Å². The zero-order valence-electron chi connectivity index (χ0n) is 16.6. The molecule has 0 saturated carbocycles. The molecule has 0 saturated heterocycles.